The first-order valence-corrected chi connectivity index (χ1v) is 8.67. The van der Waals surface area contributed by atoms with Gasteiger partial charge in [0.2, 0.25) is 17.7 Å². The van der Waals surface area contributed by atoms with Crippen LogP contribution in [0, 0.1) is 5.92 Å². The molecule has 0 aromatic carbocycles. The van der Waals surface area contributed by atoms with Gasteiger partial charge in [0.15, 0.2) is 0 Å². The Morgan fingerprint density at radius 2 is 2.12 bits per heavy atom. The molecule has 0 fully saturated rings. The van der Waals surface area contributed by atoms with Gasteiger partial charge in [0, 0.05) is 12.3 Å². The molecule has 2 amide bonds. The molecule has 0 aliphatic carbocycles. The topological polar surface area (TPSA) is 132 Å². The van der Waals surface area contributed by atoms with E-state index in [4.69, 9.17) is 10.5 Å². The molecular formula is C17H19N3O5S. The van der Waals surface area contributed by atoms with Crippen molar-refractivity contribution in [1.82, 2.24) is 10.3 Å². The summed E-state index contributed by atoms with van der Waals surface area (Å²) in [5, 5.41) is 15.6. The number of carbonyl (C=O) groups is 3. The molecule has 138 valence electrons. The zero-order valence-corrected chi connectivity index (χ0v) is 14.9. The smallest absolute Gasteiger partial charge is 0.316 e. The number of thiophene rings is 1. The van der Waals surface area contributed by atoms with Crippen LogP contribution >= 0.6 is 11.3 Å². The van der Waals surface area contributed by atoms with E-state index in [2.05, 4.69) is 10.3 Å². The van der Waals surface area contributed by atoms with Crippen LogP contribution in [0.25, 0.3) is 0 Å². The summed E-state index contributed by atoms with van der Waals surface area (Å²) < 4.78 is 4.97. The minimum atomic E-state index is -1.27. The number of rotatable bonds is 9. The van der Waals surface area contributed by atoms with E-state index in [0.29, 0.717) is 11.4 Å². The molecule has 8 nitrogen and oxygen atoms in total. The summed E-state index contributed by atoms with van der Waals surface area (Å²) in [6.45, 7) is 0. The van der Waals surface area contributed by atoms with Crippen molar-refractivity contribution in [3.05, 3.63) is 46.3 Å². The molecule has 2 unspecified atom stereocenters. The molecule has 0 aliphatic heterocycles. The first-order valence-electron chi connectivity index (χ1n) is 7.73. The number of aromatic nitrogens is 1. The SMILES string of the molecule is COc1ccc(C(CC(N)=O)NC(=O)C(Cc2ccsc2)C(=O)O)cn1. The van der Waals surface area contributed by atoms with Gasteiger partial charge in [-0.15, -0.1) is 0 Å². The molecular weight excluding hydrogens is 358 g/mol. The Bertz CT molecular complexity index is 761. The molecule has 0 bridgehead atoms. The molecule has 0 aliphatic rings. The fraction of sp³-hybridized carbons (Fsp3) is 0.294. The molecule has 0 saturated heterocycles. The number of nitrogens with zero attached hydrogens (tertiary/aromatic N) is 1. The molecule has 0 radical (unpaired) electrons. The number of primary amides is 1. The number of ether oxygens (including phenoxy) is 1. The maximum Gasteiger partial charge on any atom is 0.316 e. The van der Waals surface area contributed by atoms with Crippen molar-refractivity contribution < 1.29 is 24.2 Å². The summed E-state index contributed by atoms with van der Waals surface area (Å²) in [6, 6.07) is 4.20. The quantitative estimate of drug-likeness (QED) is 0.561. The fourth-order valence-corrected chi connectivity index (χ4v) is 3.06. The molecule has 4 N–H and O–H groups in total. The van der Waals surface area contributed by atoms with Crippen molar-refractivity contribution >= 4 is 29.1 Å². The number of pyridine rings is 1. The molecule has 9 heteroatoms. The Labute approximate surface area is 154 Å². The average Bonchev–Trinajstić information content (AvgIpc) is 3.11. The summed E-state index contributed by atoms with van der Waals surface area (Å²) >= 11 is 1.42. The molecule has 2 aromatic rings. The number of amides is 2. The molecule has 26 heavy (non-hydrogen) atoms. The van der Waals surface area contributed by atoms with Gasteiger partial charge < -0.3 is 20.9 Å². The van der Waals surface area contributed by atoms with E-state index < -0.39 is 29.7 Å². The van der Waals surface area contributed by atoms with Crippen LogP contribution in [0.1, 0.15) is 23.6 Å². The number of nitrogens with two attached hydrogens (primary N) is 1. The molecule has 2 heterocycles. The second kappa shape index (κ2) is 8.95. The van der Waals surface area contributed by atoms with Crippen molar-refractivity contribution in [2.24, 2.45) is 11.7 Å². The summed E-state index contributed by atoms with van der Waals surface area (Å²) in [5.74, 6) is -3.45. The van der Waals surface area contributed by atoms with Crippen molar-refractivity contribution in [3.63, 3.8) is 0 Å². The highest BCUT2D eigenvalue weighted by molar-refractivity contribution is 7.07. The van der Waals surface area contributed by atoms with Crippen molar-refractivity contribution in [2.75, 3.05) is 7.11 Å². The summed E-state index contributed by atoms with van der Waals surface area (Å²) in [4.78, 5) is 39.4. The van der Waals surface area contributed by atoms with Crippen LogP contribution in [-0.4, -0.2) is 35.0 Å². The van der Waals surface area contributed by atoms with Gasteiger partial charge in [0.25, 0.3) is 0 Å². The van der Waals surface area contributed by atoms with Crippen LogP contribution < -0.4 is 15.8 Å². The van der Waals surface area contributed by atoms with Gasteiger partial charge in [-0.2, -0.15) is 11.3 Å². The minimum Gasteiger partial charge on any atom is -0.481 e. The number of nitrogens with one attached hydrogen (secondary N) is 1. The van der Waals surface area contributed by atoms with E-state index >= 15 is 0 Å². The standard InChI is InChI=1S/C17H19N3O5S/c1-25-15-3-2-11(8-19-15)13(7-14(18)21)20-16(22)12(17(23)24)6-10-4-5-26-9-10/h2-5,8-9,12-13H,6-7H2,1H3,(H2,18,21)(H,20,22)(H,23,24). The summed E-state index contributed by atoms with van der Waals surface area (Å²) in [7, 11) is 1.46. The first kappa shape index (κ1) is 19.4. The van der Waals surface area contributed by atoms with Gasteiger partial charge in [-0.25, -0.2) is 4.98 Å². The maximum atomic E-state index is 12.5. The lowest BCUT2D eigenvalue weighted by Gasteiger charge is -2.20. The summed E-state index contributed by atoms with van der Waals surface area (Å²) in [5.41, 5.74) is 6.54. The average molecular weight is 377 g/mol. The monoisotopic (exact) mass is 377 g/mol. The predicted molar refractivity (Wildman–Crippen MR) is 94.6 cm³/mol. The molecule has 2 rings (SSSR count). The highest BCUT2D eigenvalue weighted by atomic mass is 32.1. The van der Waals surface area contributed by atoms with E-state index in [9.17, 15) is 19.5 Å². The number of methoxy groups -OCH3 is 1. The van der Waals surface area contributed by atoms with Gasteiger partial charge in [0.05, 0.1) is 19.6 Å². The predicted octanol–water partition coefficient (Wildman–Crippen LogP) is 1.13. The largest absolute Gasteiger partial charge is 0.481 e. The van der Waals surface area contributed by atoms with Crippen LogP contribution in [0.5, 0.6) is 5.88 Å². The fourth-order valence-electron chi connectivity index (χ4n) is 2.38. The Morgan fingerprint density at radius 1 is 1.35 bits per heavy atom. The minimum absolute atomic E-state index is 0.0643. The van der Waals surface area contributed by atoms with E-state index in [0.717, 1.165) is 5.56 Å². The maximum absolute atomic E-state index is 12.5. The third-order valence-electron chi connectivity index (χ3n) is 3.73. The van der Waals surface area contributed by atoms with Crippen LogP contribution in [0.2, 0.25) is 0 Å². The van der Waals surface area contributed by atoms with Gasteiger partial charge >= 0.3 is 5.97 Å². The second-order valence-electron chi connectivity index (χ2n) is 5.59. The lowest BCUT2D eigenvalue weighted by atomic mass is 9.98. The van der Waals surface area contributed by atoms with Gasteiger partial charge in [-0.1, -0.05) is 6.07 Å². The number of hydrogen-bond acceptors (Lipinski definition) is 6. The van der Waals surface area contributed by atoms with E-state index in [1.54, 1.807) is 23.6 Å². The van der Waals surface area contributed by atoms with E-state index in [-0.39, 0.29) is 12.8 Å². The van der Waals surface area contributed by atoms with Crippen LogP contribution in [-0.2, 0) is 20.8 Å². The van der Waals surface area contributed by atoms with Gasteiger partial charge in [-0.3, -0.25) is 14.4 Å². The third kappa shape index (κ3) is 5.28. The lowest BCUT2D eigenvalue weighted by Crippen LogP contribution is -2.40. The number of hydrogen-bond donors (Lipinski definition) is 3. The lowest BCUT2D eigenvalue weighted by molar-refractivity contribution is -0.147. The Hall–Kier alpha value is -2.94. The molecule has 2 aromatic heterocycles. The van der Waals surface area contributed by atoms with E-state index in [1.807, 2.05) is 5.38 Å². The van der Waals surface area contributed by atoms with Crippen molar-refractivity contribution in [3.8, 4) is 5.88 Å². The third-order valence-corrected chi connectivity index (χ3v) is 4.46. The number of carbonyl (C=O) groups excluding carboxylic acids is 2. The van der Waals surface area contributed by atoms with Crippen molar-refractivity contribution in [2.45, 2.75) is 18.9 Å². The van der Waals surface area contributed by atoms with Crippen LogP contribution in [0.15, 0.2) is 35.2 Å². The van der Waals surface area contributed by atoms with Gasteiger partial charge in [-0.05, 0) is 34.4 Å². The Kier molecular flexibility index (Phi) is 6.67. The number of carboxylic acid groups (broad SMARTS) is 1. The molecule has 0 spiro atoms. The van der Waals surface area contributed by atoms with Gasteiger partial charge in [0.1, 0.15) is 5.92 Å². The normalized spacial score (nSPS) is 12.8. The highest BCUT2D eigenvalue weighted by Crippen LogP contribution is 2.20. The van der Waals surface area contributed by atoms with Crippen molar-refractivity contribution in [1.29, 1.82) is 0 Å². The number of carboxylic acids is 1. The highest BCUT2D eigenvalue weighted by Gasteiger charge is 2.29. The first-order chi connectivity index (χ1) is 12.4. The second-order valence-corrected chi connectivity index (χ2v) is 6.37. The number of aliphatic carboxylic acids is 1. The molecule has 2 atom stereocenters. The zero-order chi connectivity index (χ0) is 19.1. The Morgan fingerprint density at radius 3 is 2.62 bits per heavy atom. The Balaban J connectivity index is 2.17. The van der Waals surface area contributed by atoms with Crippen LogP contribution in [0.4, 0.5) is 0 Å². The van der Waals surface area contributed by atoms with E-state index in [1.165, 1.54) is 24.6 Å². The zero-order valence-electron chi connectivity index (χ0n) is 14.0. The van der Waals surface area contributed by atoms with Crippen LogP contribution in [0.3, 0.4) is 0 Å². The summed E-state index contributed by atoms with van der Waals surface area (Å²) in [6.07, 6.45) is 1.33. The molecule has 0 saturated carbocycles.